The van der Waals surface area contributed by atoms with Crippen molar-refractivity contribution in [3.05, 3.63) is 181 Å². The van der Waals surface area contributed by atoms with Crippen molar-refractivity contribution in [1.29, 1.82) is 0 Å². The van der Waals surface area contributed by atoms with Gasteiger partial charge in [-0.05, 0) is 73.2 Å². The number of fused-ring (bicyclic) bond motifs is 6. The molecule has 0 fully saturated rings. The van der Waals surface area contributed by atoms with E-state index in [1.165, 1.54) is 16.8 Å². The van der Waals surface area contributed by atoms with Gasteiger partial charge in [-0.3, -0.25) is 9.37 Å². The molecule has 0 saturated heterocycles. The van der Waals surface area contributed by atoms with E-state index in [4.69, 9.17) is 4.98 Å². The number of aromatic nitrogens is 3. The fourth-order valence-electron chi connectivity index (χ4n) is 8.13. The summed E-state index contributed by atoms with van der Waals surface area (Å²) in [4.78, 5) is 9.81. The largest absolute Gasteiger partial charge is 0.333 e. The molecule has 10 rings (SSSR count). The van der Waals surface area contributed by atoms with E-state index in [1.54, 1.807) is 11.3 Å². The second-order valence-electron chi connectivity index (χ2n) is 16.5. The molecule has 60 heavy (non-hydrogen) atoms. The molecule has 1 radical (unpaired) electrons. The van der Waals surface area contributed by atoms with Crippen molar-refractivity contribution in [2.75, 3.05) is 0 Å². The molecule has 0 amide bonds. The third kappa shape index (κ3) is 7.91. The average Bonchev–Trinajstić information content (AvgIpc) is 3.84. The number of para-hydroxylation sites is 3. The van der Waals surface area contributed by atoms with Crippen LogP contribution in [0.2, 0.25) is 19.6 Å². The monoisotopic (exact) mass is 994 g/mol. The van der Waals surface area contributed by atoms with Gasteiger partial charge in [-0.2, -0.15) is 11.3 Å². The Balaban J connectivity index is 0.000000202. The Morgan fingerprint density at radius 2 is 1.48 bits per heavy atom. The van der Waals surface area contributed by atoms with Gasteiger partial charge in [0.05, 0.1) is 24.9 Å². The number of pyridine rings is 1. The summed E-state index contributed by atoms with van der Waals surface area (Å²) in [5.41, 5.74) is 9.52. The number of thiophene rings is 1. The number of imidazole rings is 1. The van der Waals surface area contributed by atoms with Crippen molar-refractivity contribution in [2.24, 2.45) is 5.92 Å². The van der Waals surface area contributed by atoms with Gasteiger partial charge in [-0.15, -0.1) is 48.0 Å². The first-order chi connectivity index (χ1) is 28.7. The standard InChI is InChI=1S/C35H20FN2S.C18H24NSi.Ir/c36-28-21-20-27(34-32(28)26-19-18-23-12-4-5-14-25(23)33(26)39-34)35-37-29-15-7-9-17-31(29)38(35)30-16-8-6-13-24(30)22-10-2-1-3-11-22;1-14(2)11-16-12-17(15-9-7-6-8-10-15)19-13-18(16)20(3,4)5;/h1-19,21H;6-9,12-14H,11H2,1-5H3;/q2*-1;. The molecule has 0 saturated carbocycles. The van der Waals surface area contributed by atoms with Crippen molar-refractivity contribution in [3.8, 4) is 39.5 Å². The van der Waals surface area contributed by atoms with Crippen molar-refractivity contribution in [3.63, 3.8) is 0 Å². The molecule has 7 heteroatoms. The van der Waals surface area contributed by atoms with Crippen LogP contribution in [0.5, 0.6) is 0 Å². The third-order valence-corrected chi connectivity index (χ3v) is 14.1. The molecular weight excluding hydrogens is 950 g/mol. The zero-order chi connectivity index (χ0) is 40.7. The minimum atomic E-state index is -1.34. The summed E-state index contributed by atoms with van der Waals surface area (Å²) in [6, 6.07) is 57.7. The van der Waals surface area contributed by atoms with Gasteiger partial charge in [-0.25, -0.2) is 0 Å². The second-order valence-corrected chi connectivity index (χ2v) is 22.5. The van der Waals surface area contributed by atoms with Crippen LogP contribution in [0.1, 0.15) is 19.4 Å². The van der Waals surface area contributed by atoms with Crippen molar-refractivity contribution in [2.45, 2.75) is 39.9 Å². The van der Waals surface area contributed by atoms with Crippen LogP contribution in [-0.2, 0) is 26.5 Å². The van der Waals surface area contributed by atoms with E-state index in [0.29, 0.717) is 11.3 Å². The summed E-state index contributed by atoms with van der Waals surface area (Å²) in [5, 5.41) is 5.32. The van der Waals surface area contributed by atoms with Gasteiger partial charge in [0.25, 0.3) is 0 Å². The van der Waals surface area contributed by atoms with Crippen LogP contribution in [-0.4, -0.2) is 22.6 Å². The Morgan fingerprint density at radius 1 is 0.750 bits per heavy atom. The molecule has 0 unspecified atom stereocenters. The number of nitrogens with zero attached hydrogens (tertiary/aromatic N) is 3. The molecule has 3 heterocycles. The summed E-state index contributed by atoms with van der Waals surface area (Å²) in [7, 11) is -1.34. The van der Waals surface area contributed by atoms with Crippen LogP contribution in [0.15, 0.2) is 158 Å². The van der Waals surface area contributed by atoms with Gasteiger partial charge in [0, 0.05) is 48.1 Å². The fraction of sp³-hybridized carbons (Fsp3) is 0.132. The molecule has 10 aromatic rings. The van der Waals surface area contributed by atoms with Gasteiger partial charge >= 0.3 is 0 Å². The van der Waals surface area contributed by atoms with Crippen LogP contribution in [0, 0.1) is 23.9 Å². The molecule has 3 aromatic heterocycles. The summed E-state index contributed by atoms with van der Waals surface area (Å²) >= 11 is 1.62. The molecule has 299 valence electrons. The minimum absolute atomic E-state index is 0. The molecule has 3 nitrogen and oxygen atoms in total. The second kappa shape index (κ2) is 17.2. The van der Waals surface area contributed by atoms with E-state index in [2.05, 4.69) is 146 Å². The molecule has 0 N–H and O–H groups in total. The zero-order valence-electron chi connectivity index (χ0n) is 34.3. The first-order valence-electron chi connectivity index (χ1n) is 20.2. The van der Waals surface area contributed by atoms with Crippen LogP contribution in [0.25, 0.3) is 81.4 Å². The molecule has 0 bridgehead atoms. The first kappa shape index (κ1) is 41.2. The van der Waals surface area contributed by atoms with Crippen LogP contribution in [0.3, 0.4) is 0 Å². The number of benzene rings is 7. The quantitative estimate of drug-likeness (QED) is 0.118. The SMILES string of the molecule is CC(C)Cc1cc(-c2[c-]cccc2)ncc1[Si](C)(C)C.Fc1c[c-]c(-c2nc3ccccc3n2-c2ccccc2-c2ccccc2)c2sc3c4ccccc4ccc3c12.[Ir]. The normalized spacial score (nSPS) is 11.6. The van der Waals surface area contributed by atoms with Gasteiger partial charge in [0.2, 0.25) is 0 Å². The number of hydrogen-bond acceptors (Lipinski definition) is 3. The van der Waals surface area contributed by atoms with E-state index >= 15 is 4.39 Å². The maximum Gasteiger partial charge on any atom is 0.0798 e. The Kier molecular flexibility index (Phi) is 11.8. The topological polar surface area (TPSA) is 30.7 Å². The number of hydrogen-bond donors (Lipinski definition) is 0. The number of halogens is 1. The van der Waals surface area contributed by atoms with E-state index in [-0.39, 0.29) is 25.9 Å². The summed E-state index contributed by atoms with van der Waals surface area (Å²) in [6.07, 6.45) is 3.24. The van der Waals surface area contributed by atoms with Gasteiger partial charge in [-0.1, -0.05) is 148 Å². The number of rotatable bonds is 7. The predicted octanol–water partition coefficient (Wildman–Crippen LogP) is 14.1. The Morgan fingerprint density at radius 3 is 2.27 bits per heavy atom. The van der Waals surface area contributed by atoms with Crippen LogP contribution >= 0.6 is 11.3 Å². The van der Waals surface area contributed by atoms with Gasteiger partial charge < -0.3 is 9.55 Å². The van der Waals surface area contributed by atoms with Crippen molar-refractivity contribution in [1.82, 2.24) is 14.5 Å². The average molecular weight is 994 g/mol. The van der Waals surface area contributed by atoms with Gasteiger partial charge in [0.1, 0.15) is 0 Å². The molecule has 7 aromatic carbocycles. The van der Waals surface area contributed by atoms with Gasteiger partial charge in [0.15, 0.2) is 0 Å². The van der Waals surface area contributed by atoms with Crippen LogP contribution in [0.4, 0.5) is 4.39 Å². The molecule has 0 aliphatic carbocycles. The molecule has 0 spiro atoms. The minimum Gasteiger partial charge on any atom is -0.333 e. The molecule has 0 atom stereocenters. The summed E-state index contributed by atoms with van der Waals surface area (Å²) in [5.74, 6) is 1.16. The van der Waals surface area contributed by atoms with E-state index < -0.39 is 8.07 Å². The smallest absolute Gasteiger partial charge is 0.0798 e. The fourth-order valence-corrected chi connectivity index (χ4v) is 11.1. The Labute approximate surface area is 370 Å². The van der Waals surface area contributed by atoms with E-state index in [0.717, 1.165) is 82.5 Å². The van der Waals surface area contributed by atoms with Crippen molar-refractivity contribution >= 4 is 66.6 Å². The maximum absolute atomic E-state index is 15.5. The zero-order valence-corrected chi connectivity index (χ0v) is 38.5. The van der Waals surface area contributed by atoms with Crippen molar-refractivity contribution < 1.29 is 24.5 Å². The maximum atomic E-state index is 15.5. The van der Waals surface area contributed by atoms with Crippen LogP contribution < -0.4 is 5.19 Å². The predicted molar refractivity (Wildman–Crippen MR) is 251 cm³/mol. The summed E-state index contributed by atoms with van der Waals surface area (Å²) < 4.78 is 19.6. The molecular formula is C53H44FIrN3SSi-2. The first-order valence-corrected chi connectivity index (χ1v) is 24.5. The third-order valence-electron chi connectivity index (χ3n) is 10.8. The van der Waals surface area contributed by atoms with E-state index in [9.17, 15) is 0 Å². The Hall–Kier alpha value is -5.56. The Bertz CT molecular complexity index is 3110. The van der Waals surface area contributed by atoms with E-state index in [1.807, 2.05) is 60.7 Å². The molecule has 0 aliphatic heterocycles. The summed E-state index contributed by atoms with van der Waals surface area (Å²) in [6.45, 7) is 11.7. The molecule has 0 aliphatic rings.